The van der Waals surface area contributed by atoms with Crippen molar-refractivity contribution in [3.05, 3.63) is 59.0 Å². The number of hydrogen-bond donors (Lipinski definition) is 2. The van der Waals surface area contributed by atoms with Crippen molar-refractivity contribution < 1.29 is 9.90 Å². The number of benzene rings is 1. The number of aliphatic carboxylic acids is 1. The molecular weight excluding hydrogens is 368 g/mol. The summed E-state index contributed by atoms with van der Waals surface area (Å²) in [4.78, 5) is 15.7. The molecule has 0 saturated heterocycles. The van der Waals surface area contributed by atoms with Gasteiger partial charge in [0.1, 0.15) is 0 Å². The summed E-state index contributed by atoms with van der Waals surface area (Å²) >= 11 is 1.59. The van der Waals surface area contributed by atoms with Gasteiger partial charge in [-0.25, -0.2) is 4.98 Å². The van der Waals surface area contributed by atoms with Crippen LogP contribution in [0.2, 0.25) is 0 Å². The molecule has 1 aliphatic rings. The van der Waals surface area contributed by atoms with Crippen molar-refractivity contribution in [2.45, 2.75) is 45.4 Å². The zero-order chi connectivity index (χ0) is 19.9. The molecule has 1 aromatic heterocycles. The van der Waals surface area contributed by atoms with Crippen LogP contribution in [0.4, 0.5) is 5.13 Å². The monoisotopic (exact) mass is 396 g/mol. The molecule has 0 amide bonds. The largest absolute Gasteiger partial charge is 0.481 e. The van der Waals surface area contributed by atoms with Crippen molar-refractivity contribution in [2.75, 3.05) is 11.9 Å². The van der Waals surface area contributed by atoms with E-state index in [2.05, 4.69) is 48.8 Å². The first-order valence-corrected chi connectivity index (χ1v) is 10.9. The molecule has 0 saturated carbocycles. The number of nitrogens with one attached hydrogen (secondary N) is 1. The molecule has 4 nitrogen and oxygen atoms in total. The second kappa shape index (κ2) is 9.69. The molecule has 3 rings (SSSR count). The molecule has 2 N–H and O–H groups in total. The third kappa shape index (κ3) is 5.10. The summed E-state index contributed by atoms with van der Waals surface area (Å²) in [7, 11) is 0. The van der Waals surface area contributed by atoms with Gasteiger partial charge in [0.25, 0.3) is 0 Å². The molecule has 0 fully saturated rings. The molecule has 5 heteroatoms. The van der Waals surface area contributed by atoms with Crippen molar-refractivity contribution >= 4 is 22.4 Å². The van der Waals surface area contributed by atoms with Gasteiger partial charge in [-0.05, 0) is 36.3 Å². The van der Waals surface area contributed by atoms with Crippen LogP contribution in [0.5, 0.6) is 0 Å². The Bertz CT molecular complexity index is 852. The van der Waals surface area contributed by atoms with Crippen LogP contribution in [0.15, 0.2) is 53.4 Å². The van der Waals surface area contributed by atoms with Crippen molar-refractivity contribution in [1.29, 1.82) is 0 Å². The van der Waals surface area contributed by atoms with E-state index in [1.807, 2.05) is 12.2 Å². The summed E-state index contributed by atoms with van der Waals surface area (Å²) < 4.78 is 0. The predicted molar refractivity (Wildman–Crippen MR) is 117 cm³/mol. The van der Waals surface area contributed by atoms with E-state index in [0.717, 1.165) is 22.0 Å². The number of allylic oxidation sites excluding steroid dienone is 1. The molecule has 1 aliphatic carbocycles. The van der Waals surface area contributed by atoms with Gasteiger partial charge in [0.15, 0.2) is 5.13 Å². The van der Waals surface area contributed by atoms with Crippen molar-refractivity contribution in [1.82, 2.24) is 4.98 Å². The highest BCUT2D eigenvalue weighted by molar-refractivity contribution is 7.14. The van der Waals surface area contributed by atoms with E-state index in [4.69, 9.17) is 10.1 Å². The van der Waals surface area contributed by atoms with Gasteiger partial charge in [0, 0.05) is 17.5 Å². The number of nitrogens with zero attached hydrogens (tertiary/aromatic N) is 1. The molecule has 0 bridgehead atoms. The zero-order valence-electron chi connectivity index (χ0n) is 16.5. The van der Waals surface area contributed by atoms with Crippen LogP contribution >= 0.6 is 11.3 Å². The van der Waals surface area contributed by atoms with E-state index >= 15 is 0 Å². The minimum atomic E-state index is -0.768. The van der Waals surface area contributed by atoms with Gasteiger partial charge in [0.2, 0.25) is 0 Å². The van der Waals surface area contributed by atoms with Gasteiger partial charge in [0.05, 0.1) is 11.6 Å². The third-order valence-electron chi connectivity index (χ3n) is 5.25. The number of anilines is 1. The molecular formula is C23H28N2O2S. The van der Waals surface area contributed by atoms with Gasteiger partial charge >= 0.3 is 5.97 Å². The number of aromatic nitrogens is 1. The fourth-order valence-electron chi connectivity index (χ4n) is 3.53. The highest BCUT2D eigenvalue weighted by atomic mass is 32.1. The Balaban J connectivity index is 1.58. The highest BCUT2D eigenvalue weighted by Crippen LogP contribution is 2.29. The second-order valence-electron chi connectivity index (χ2n) is 7.23. The Kier molecular flexibility index (Phi) is 7.04. The number of hydrogen-bond acceptors (Lipinski definition) is 4. The molecule has 0 aliphatic heterocycles. The molecule has 2 aromatic rings. The van der Waals surface area contributed by atoms with Crippen LogP contribution in [0.25, 0.3) is 11.3 Å². The lowest BCUT2D eigenvalue weighted by Crippen LogP contribution is -2.14. The molecule has 0 radical (unpaired) electrons. The molecule has 0 spiro atoms. The first kappa shape index (κ1) is 20.3. The maximum Gasteiger partial charge on any atom is 0.310 e. The Labute approximate surface area is 171 Å². The Hall–Kier alpha value is -2.40. The minimum Gasteiger partial charge on any atom is -0.481 e. The van der Waals surface area contributed by atoms with Crippen molar-refractivity contribution in [2.24, 2.45) is 5.92 Å². The SMILES string of the molecule is CCCC(CC)c1ccc(-c2csc(NCC3=CCC(C(=O)O)C=C3)n2)cc1. The number of carboxylic acids is 1. The Morgan fingerprint density at radius 1 is 1.32 bits per heavy atom. The number of thiazole rings is 1. The fraction of sp³-hybridized carbons (Fsp3) is 0.391. The summed E-state index contributed by atoms with van der Waals surface area (Å²) in [6, 6.07) is 8.82. The van der Waals surface area contributed by atoms with E-state index < -0.39 is 11.9 Å². The predicted octanol–water partition coefficient (Wildman–Crippen LogP) is 6.10. The van der Waals surface area contributed by atoms with Gasteiger partial charge in [-0.2, -0.15) is 0 Å². The van der Waals surface area contributed by atoms with E-state index in [9.17, 15) is 4.79 Å². The van der Waals surface area contributed by atoms with Gasteiger partial charge in [-0.3, -0.25) is 4.79 Å². The summed E-state index contributed by atoms with van der Waals surface area (Å²) in [5, 5.41) is 15.3. The Morgan fingerprint density at radius 3 is 2.71 bits per heavy atom. The first-order valence-electron chi connectivity index (χ1n) is 10.0. The average molecular weight is 397 g/mol. The molecule has 1 heterocycles. The van der Waals surface area contributed by atoms with Gasteiger partial charge < -0.3 is 10.4 Å². The normalized spacial score (nSPS) is 17.2. The highest BCUT2D eigenvalue weighted by Gasteiger charge is 2.16. The van der Waals surface area contributed by atoms with E-state index in [-0.39, 0.29) is 0 Å². The minimum absolute atomic E-state index is 0.400. The van der Waals surface area contributed by atoms with Crippen molar-refractivity contribution in [3.63, 3.8) is 0 Å². The number of carbonyl (C=O) groups is 1. The van der Waals surface area contributed by atoms with Crippen LogP contribution in [0, 0.1) is 5.92 Å². The third-order valence-corrected chi connectivity index (χ3v) is 6.05. The second-order valence-corrected chi connectivity index (χ2v) is 8.08. The summed E-state index contributed by atoms with van der Waals surface area (Å²) in [6.45, 7) is 5.15. The first-order chi connectivity index (χ1) is 13.6. The lowest BCUT2D eigenvalue weighted by Gasteiger charge is -2.14. The quantitative estimate of drug-likeness (QED) is 0.537. The average Bonchev–Trinajstić information content (AvgIpc) is 3.20. The lowest BCUT2D eigenvalue weighted by atomic mass is 9.91. The smallest absolute Gasteiger partial charge is 0.310 e. The van der Waals surface area contributed by atoms with Crippen LogP contribution in [-0.4, -0.2) is 22.6 Å². The zero-order valence-corrected chi connectivity index (χ0v) is 17.3. The Morgan fingerprint density at radius 2 is 2.11 bits per heavy atom. The van der Waals surface area contributed by atoms with E-state index in [1.54, 1.807) is 17.4 Å². The topological polar surface area (TPSA) is 62.2 Å². The molecule has 2 atom stereocenters. The van der Waals surface area contributed by atoms with Gasteiger partial charge in [-0.15, -0.1) is 11.3 Å². The molecule has 28 heavy (non-hydrogen) atoms. The van der Waals surface area contributed by atoms with Crippen molar-refractivity contribution in [3.8, 4) is 11.3 Å². The number of carboxylic acid groups (broad SMARTS) is 1. The fourth-order valence-corrected chi connectivity index (χ4v) is 4.24. The van der Waals surface area contributed by atoms with Crippen LogP contribution in [0.3, 0.4) is 0 Å². The standard InChI is InChI=1S/C23H28N2O2S/c1-3-5-17(4-2)18-10-12-19(13-11-18)21-15-28-23(25-21)24-14-16-6-8-20(9-7-16)22(26)27/h6-8,10-13,15,17,20H,3-5,9,14H2,1-2H3,(H,24,25)(H,26,27). The van der Waals surface area contributed by atoms with E-state index in [1.165, 1.54) is 24.8 Å². The maximum absolute atomic E-state index is 11.0. The lowest BCUT2D eigenvalue weighted by molar-refractivity contribution is -0.139. The number of rotatable bonds is 9. The van der Waals surface area contributed by atoms with Gasteiger partial charge in [-0.1, -0.05) is 62.8 Å². The molecule has 148 valence electrons. The van der Waals surface area contributed by atoms with E-state index in [0.29, 0.717) is 18.9 Å². The summed E-state index contributed by atoms with van der Waals surface area (Å²) in [6.07, 6.45) is 9.81. The molecule has 1 aromatic carbocycles. The summed E-state index contributed by atoms with van der Waals surface area (Å²) in [5.41, 5.74) is 4.64. The summed E-state index contributed by atoms with van der Waals surface area (Å²) in [5.74, 6) is -0.526. The van der Waals surface area contributed by atoms with Crippen LogP contribution in [-0.2, 0) is 4.79 Å². The van der Waals surface area contributed by atoms with Crippen LogP contribution in [0.1, 0.15) is 51.0 Å². The molecule has 2 unspecified atom stereocenters. The maximum atomic E-state index is 11.0. The van der Waals surface area contributed by atoms with Crippen LogP contribution < -0.4 is 5.32 Å².